The van der Waals surface area contributed by atoms with Crippen LogP contribution in [0.4, 0.5) is 0 Å². The Morgan fingerprint density at radius 3 is 1.93 bits per heavy atom. The molecule has 2 aromatic heterocycles. The summed E-state index contributed by atoms with van der Waals surface area (Å²) in [5, 5.41) is 0. The number of hydrogen-bond acceptors (Lipinski definition) is 2. The van der Waals surface area contributed by atoms with E-state index in [4.69, 9.17) is 9.97 Å². The molecule has 0 fully saturated rings. The van der Waals surface area contributed by atoms with Crippen LogP contribution < -0.4 is 0 Å². The van der Waals surface area contributed by atoms with Crippen LogP contribution in [-0.2, 0) is 6.42 Å². The Hall–Kier alpha value is -3.40. The maximum atomic E-state index is 4.84. The molecule has 4 heteroatoms. The van der Waals surface area contributed by atoms with Gasteiger partial charge in [0.25, 0.3) is 0 Å². The summed E-state index contributed by atoms with van der Waals surface area (Å²) in [7, 11) is 0. The molecule has 0 saturated carbocycles. The van der Waals surface area contributed by atoms with Crippen LogP contribution in [0.15, 0.2) is 60.7 Å². The molecule has 5 rings (SSSR count). The molecule has 0 atom stereocenters. The Bertz CT molecular complexity index is 1310. The second-order valence-corrected chi connectivity index (χ2v) is 8.08. The normalized spacial score (nSPS) is 11.5. The van der Waals surface area contributed by atoms with E-state index in [0.717, 1.165) is 51.3 Å². The molecular formula is C26H26N4. The molecule has 0 aliphatic heterocycles. The lowest BCUT2D eigenvalue weighted by atomic mass is 10.1. The van der Waals surface area contributed by atoms with E-state index in [-0.39, 0.29) is 0 Å². The number of benzene rings is 3. The van der Waals surface area contributed by atoms with Crippen molar-refractivity contribution in [2.45, 2.75) is 39.5 Å². The lowest BCUT2D eigenvalue weighted by molar-refractivity contribution is 0.718. The molecule has 0 aliphatic carbocycles. The van der Waals surface area contributed by atoms with Gasteiger partial charge < -0.3 is 9.97 Å². The lowest BCUT2D eigenvalue weighted by Gasteiger charge is -1.99. The Morgan fingerprint density at radius 1 is 0.700 bits per heavy atom. The quantitative estimate of drug-likeness (QED) is 0.311. The minimum absolute atomic E-state index is 0.892. The monoisotopic (exact) mass is 394 g/mol. The first-order chi connectivity index (χ1) is 14.7. The summed E-state index contributed by atoms with van der Waals surface area (Å²) in [5.74, 6) is 1.80. The van der Waals surface area contributed by atoms with Crippen molar-refractivity contribution in [1.82, 2.24) is 19.9 Å². The molecule has 0 saturated heterocycles. The van der Waals surface area contributed by atoms with E-state index in [9.17, 15) is 0 Å². The average Bonchev–Trinajstić information content (AvgIpc) is 3.37. The van der Waals surface area contributed by atoms with Crippen LogP contribution in [0.1, 0.15) is 37.3 Å². The molecule has 0 radical (unpaired) electrons. The number of aryl methyl sites for hydroxylation is 2. The fourth-order valence-corrected chi connectivity index (χ4v) is 3.96. The molecule has 2 N–H and O–H groups in total. The van der Waals surface area contributed by atoms with E-state index >= 15 is 0 Å². The van der Waals surface area contributed by atoms with Crippen LogP contribution in [0.25, 0.3) is 44.8 Å². The highest BCUT2D eigenvalue weighted by Crippen LogP contribution is 2.26. The van der Waals surface area contributed by atoms with Crippen LogP contribution in [0.2, 0.25) is 0 Å². The maximum Gasteiger partial charge on any atom is 0.138 e. The molecule has 2 heterocycles. The third-order valence-corrected chi connectivity index (χ3v) is 5.69. The molecule has 30 heavy (non-hydrogen) atoms. The van der Waals surface area contributed by atoms with E-state index in [2.05, 4.69) is 84.5 Å². The van der Waals surface area contributed by atoms with Gasteiger partial charge in [0.2, 0.25) is 0 Å². The van der Waals surface area contributed by atoms with E-state index in [0.29, 0.717) is 0 Å². The number of nitrogens with one attached hydrogen (secondary N) is 2. The third-order valence-electron chi connectivity index (χ3n) is 5.69. The average molecular weight is 395 g/mol. The number of aromatic nitrogens is 4. The Balaban J connectivity index is 1.40. The van der Waals surface area contributed by atoms with Gasteiger partial charge in [-0.15, -0.1) is 0 Å². The largest absolute Gasteiger partial charge is 0.338 e. The summed E-state index contributed by atoms with van der Waals surface area (Å²) in [4.78, 5) is 16.5. The predicted molar refractivity (Wildman–Crippen MR) is 125 cm³/mol. The van der Waals surface area contributed by atoms with Gasteiger partial charge in [0.05, 0.1) is 22.1 Å². The van der Waals surface area contributed by atoms with Crippen molar-refractivity contribution in [3.63, 3.8) is 0 Å². The zero-order valence-electron chi connectivity index (χ0n) is 17.5. The van der Waals surface area contributed by atoms with Gasteiger partial charge in [-0.25, -0.2) is 9.97 Å². The molecule has 0 spiro atoms. The zero-order valence-corrected chi connectivity index (χ0v) is 17.5. The summed E-state index contributed by atoms with van der Waals surface area (Å²) in [5.41, 5.74) is 8.92. The van der Waals surface area contributed by atoms with Gasteiger partial charge in [-0.3, -0.25) is 0 Å². The molecule has 0 amide bonds. The summed E-state index contributed by atoms with van der Waals surface area (Å²) >= 11 is 0. The smallest absolute Gasteiger partial charge is 0.138 e. The van der Waals surface area contributed by atoms with E-state index in [1.54, 1.807) is 0 Å². The lowest BCUT2D eigenvalue weighted by Crippen LogP contribution is -1.85. The highest BCUT2D eigenvalue weighted by atomic mass is 14.9. The number of unbranched alkanes of at least 4 members (excludes halogenated alkanes) is 2. The van der Waals surface area contributed by atoms with Crippen molar-refractivity contribution in [2.75, 3.05) is 0 Å². The number of aromatic amines is 2. The highest BCUT2D eigenvalue weighted by Gasteiger charge is 2.09. The topological polar surface area (TPSA) is 57.4 Å². The van der Waals surface area contributed by atoms with E-state index in [1.807, 2.05) is 0 Å². The van der Waals surface area contributed by atoms with Crippen molar-refractivity contribution in [3.05, 3.63) is 71.8 Å². The molecule has 5 aromatic rings. The second-order valence-electron chi connectivity index (χ2n) is 8.08. The van der Waals surface area contributed by atoms with Gasteiger partial charge in [0.1, 0.15) is 11.6 Å². The van der Waals surface area contributed by atoms with Crippen LogP contribution in [0, 0.1) is 6.92 Å². The van der Waals surface area contributed by atoms with Crippen molar-refractivity contribution in [1.29, 1.82) is 0 Å². The van der Waals surface area contributed by atoms with E-state index < -0.39 is 0 Å². The van der Waals surface area contributed by atoms with Gasteiger partial charge in [0.15, 0.2) is 0 Å². The summed E-state index contributed by atoms with van der Waals surface area (Å²) in [6.45, 7) is 4.33. The Kier molecular flexibility index (Phi) is 4.83. The molecule has 0 unspecified atom stereocenters. The fraction of sp³-hybridized carbons (Fsp3) is 0.231. The summed E-state index contributed by atoms with van der Waals surface area (Å²) in [6, 6.07) is 21.3. The van der Waals surface area contributed by atoms with Crippen LogP contribution in [0.3, 0.4) is 0 Å². The Morgan fingerprint density at radius 2 is 1.30 bits per heavy atom. The zero-order chi connectivity index (χ0) is 20.5. The van der Waals surface area contributed by atoms with Gasteiger partial charge in [-0.2, -0.15) is 0 Å². The standard InChI is InChI=1S/C26H26N4/c1-3-4-5-6-18-8-14-22-24(16-18)30-26(28-22)20-11-9-19(10-12-20)25-27-21-13-7-17(2)15-23(21)29-25/h7-16H,3-6H2,1-2H3,(H,27,29)(H,28,30). The van der Waals surface area contributed by atoms with Crippen molar-refractivity contribution >= 4 is 22.1 Å². The number of H-pyrrole nitrogens is 2. The van der Waals surface area contributed by atoms with E-state index in [1.165, 1.54) is 30.4 Å². The summed E-state index contributed by atoms with van der Waals surface area (Å²) < 4.78 is 0. The highest BCUT2D eigenvalue weighted by molar-refractivity contribution is 5.82. The minimum atomic E-state index is 0.892. The van der Waals surface area contributed by atoms with Crippen LogP contribution in [0.5, 0.6) is 0 Å². The number of imidazole rings is 2. The molecular weight excluding hydrogens is 368 g/mol. The first kappa shape index (κ1) is 18.6. The minimum Gasteiger partial charge on any atom is -0.338 e. The molecule has 150 valence electrons. The number of fused-ring (bicyclic) bond motifs is 2. The second kappa shape index (κ2) is 7.79. The molecule has 3 aromatic carbocycles. The first-order valence-electron chi connectivity index (χ1n) is 10.8. The molecule has 4 nitrogen and oxygen atoms in total. The van der Waals surface area contributed by atoms with Crippen molar-refractivity contribution in [3.8, 4) is 22.8 Å². The Labute approximate surface area is 176 Å². The number of nitrogens with zero attached hydrogens (tertiary/aromatic N) is 2. The van der Waals surface area contributed by atoms with Crippen LogP contribution in [-0.4, -0.2) is 19.9 Å². The van der Waals surface area contributed by atoms with Gasteiger partial charge in [0, 0.05) is 11.1 Å². The summed E-state index contributed by atoms with van der Waals surface area (Å²) in [6.07, 6.45) is 4.89. The van der Waals surface area contributed by atoms with Crippen LogP contribution >= 0.6 is 0 Å². The first-order valence-corrected chi connectivity index (χ1v) is 10.8. The molecule has 0 bridgehead atoms. The molecule has 0 aliphatic rings. The van der Waals surface area contributed by atoms with Gasteiger partial charge >= 0.3 is 0 Å². The third kappa shape index (κ3) is 3.61. The predicted octanol–water partition coefficient (Wildman–Crippen LogP) is 6.81. The number of rotatable bonds is 6. The van der Waals surface area contributed by atoms with Crippen molar-refractivity contribution in [2.24, 2.45) is 0 Å². The van der Waals surface area contributed by atoms with Gasteiger partial charge in [-0.05, 0) is 55.2 Å². The maximum absolute atomic E-state index is 4.84. The fourth-order valence-electron chi connectivity index (χ4n) is 3.96. The van der Waals surface area contributed by atoms with Crippen molar-refractivity contribution < 1.29 is 0 Å². The SMILES string of the molecule is CCCCCc1ccc2[nH]c(-c3ccc(-c4nc5cc(C)ccc5[nH]4)cc3)nc2c1. The number of hydrogen-bond donors (Lipinski definition) is 2. The van der Waals surface area contributed by atoms with Gasteiger partial charge in [-0.1, -0.05) is 56.2 Å².